The predicted octanol–water partition coefficient (Wildman–Crippen LogP) is 3.70. The number of pyridine rings is 1. The van der Waals surface area contributed by atoms with Crippen LogP contribution in [0, 0.1) is 0 Å². The smallest absolute Gasteiger partial charge is 0.331 e. The molecule has 0 radical (unpaired) electrons. The van der Waals surface area contributed by atoms with Crippen molar-refractivity contribution in [1.82, 2.24) is 4.98 Å². The topological polar surface area (TPSA) is 86.8 Å². The van der Waals surface area contributed by atoms with E-state index in [0.29, 0.717) is 16.5 Å². The number of hydrogen-bond acceptors (Lipinski definition) is 6. The molecule has 1 aromatic carbocycles. The van der Waals surface area contributed by atoms with Gasteiger partial charge in [0.15, 0.2) is 23.4 Å². The largest absolute Gasteiger partial charge is 0.454 e. The molecule has 27 heavy (non-hydrogen) atoms. The van der Waals surface area contributed by atoms with Crippen LogP contribution in [-0.4, -0.2) is 29.8 Å². The lowest BCUT2D eigenvalue weighted by molar-refractivity contribution is -0.148. The molecule has 1 aliphatic heterocycles. The molecule has 1 aliphatic rings. The van der Waals surface area contributed by atoms with Crippen LogP contribution in [0.5, 0.6) is 11.5 Å². The van der Waals surface area contributed by atoms with Gasteiger partial charge in [-0.1, -0.05) is 29.3 Å². The summed E-state index contributed by atoms with van der Waals surface area (Å²) in [4.78, 5) is 27.9. The quantitative estimate of drug-likeness (QED) is 0.599. The number of fused-ring (bicyclic) bond motifs is 1. The van der Waals surface area contributed by atoms with Crippen molar-refractivity contribution in [1.29, 1.82) is 0 Å². The van der Waals surface area contributed by atoms with Crippen molar-refractivity contribution in [2.24, 2.45) is 0 Å². The van der Waals surface area contributed by atoms with Crippen LogP contribution >= 0.6 is 23.2 Å². The molecule has 1 atom stereocenters. The molecule has 0 saturated carbocycles. The van der Waals surface area contributed by atoms with Gasteiger partial charge in [-0.15, -0.1) is 0 Å². The molecule has 1 amide bonds. The van der Waals surface area contributed by atoms with Crippen molar-refractivity contribution >= 4 is 47.0 Å². The first-order valence-corrected chi connectivity index (χ1v) is 8.58. The maximum atomic E-state index is 12.1. The Balaban J connectivity index is 1.55. The average Bonchev–Trinajstić information content (AvgIpc) is 3.10. The minimum absolute atomic E-state index is 0.130. The van der Waals surface area contributed by atoms with Crippen molar-refractivity contribution in [3.8, 4) is 11.5 Å². The third-order valence-corrected chi connectivity index (χ3v) is 4.01. The number of anilines is 1. The van der Waals surface area contributed by atoms with Crippen LogP contribution in [0.25, 0.3) is 6.08 Å². The summed E-state index contributed by atoms with van der Waals surface area (Å²) in [6, 6.07) is 6.68. The highest BCUT2D eigenvalue weighted by atomic mass is 35.5. The highest BCUT2D eigenvalue weighted by Crippen LogP contribution is 2.32. The second-order valence-corrected chi connectivity index (χ2v) is 6.34. The van der Waals surface area contributed by atoms with Crippen LogP contribution in [0.4, 0.5) is 5.82 Å². The maximum absolute atomic E-state index is 12.1. The van der Waals surface area contributed by atoms with E-state index in [2.05, 4.69) is 10.3 Å². The minimum Gasteiger partial charge on any atom is -0.454 e. The zero-order chi connectivity index (χ0) is 19.4. The first-order chi connectivity index (χ1) is 12.9. The molecule has 140 valence electrons. The van der Waals surface area contributed by atoms with Gasteiger partial charge in [-0.05, 0) is 36.8 Å². The monoisotopic (exact) mass is 408 g/mol. The molecule has 0 unspecified atom stereocenters. The fourth-order valence-electron chi connectivity index (χ4n) is 2.17. The molecule has 0 fully saturated rings. The zero-order valence-corrected chi connectivity index (χ0v) is 15.6. The molecule has 0 saturated heterocycles. The lowest BCUT2D eigenvalue weighted by atomic mass is 10.2. The van der Waals surface area contributed by atoms with E-state index in [9.17, 15) is 9.59 Å². The number of amides is 1. The van der Waals surface area contributed by atoms with E-state index in [1.54, 1.807) is 24.3 Å². The van der Waals surface area contributed by atoms with E-state index in [4.69, 9.17) is 37.4 Å². The van der Waals surface area contributed by atoms with Gasteiger partial charge in [0.25, 0.3) is 5.91 Å². The van der Waals surface area contributed by atoms with Crippen LogP contribution in [0.3, 0.4) is 0 Å². The Morgan fingerprint density at radius 3 is 2.81 bits per heavy atom. The molecule has 3 rings (SSSR count). The summed E-state index contributed by atoms with van der Waals surface area (Å²) in [6.07, 6.45) is 3.06. The van der Waals surface area contributed by atoms with Crippen LogP contribution in [0.1, 0.15) is 12.5 Å². The first kappa shape index (κ1) is 19.0. The van der Waals surface area contributed by atoms with Gasteiger partial charge in [0.1, 0.15) is 0 Å². The maximum Gasteiger partial charge on any atom is 0.331 e. The number of carbonyl (C=O) groups is 2. The number of hydrogen-bond donors (Lipinski definition) is 1. The Morgan fingerprint density at radius 1 is 1.26 bits per heavy atom. The Hall–Kier alpha value is -2.77. The predicted molar refractivity (Wildman–Crippen MR) is 100 cm³/mol. The second-order valence-electron chi connectivity index (χ2n) is 5.50. The van der Waals surface area contributed by atoms with Crippen LogP contribution in [0.15, 0.2) is 36.5 Å². The van der Waals surface area contributed by atoms with Crippen molar-refractivity contribution in [3.63, 3.8) is 0 Å². The van der Waals surface area contributed by atoms with Gasteiger partial charge in [0.2, 0.25) is 6.79 Å². The number of rotatable bonds is 5. The molecule has 2 heterocycles. The summed E-state index contributed by atoms with van der Waals surface area (Å²) in [7, 11) is 0. The van der Waals surface area contributed by atoms with Crippen LogP contribution < -0.4 is 14.8 Å². The summed E-state index contributed by atoms with van der Waals surface area (Å²) >= 11 is 11.7. The minimum atomic E-state index is -1.05. The number of benzene rings is 1. The van der Waals surface area contributed by atoms with E-state index in [0.717, 1.165) is 5.56 Å². The number of nitrogens with one attached hydrogen (secondary N) is 1. The van der Waals surface area contributed by atoms with Crippen molar-refractivity contribution in [3.05, 3.63) is 52.1 Å². The van der Waals surface area contributed by atoms with Crippen molar-refractivity contribution < 1.29 is 23.8 Å². The third kappa shape index (κ3) is 4.90. The van der Waals surface area contributed by atoms with E-state index in [-0.39, 0.29) is 17.6 Å². The first-order valence-electron chi connectivity index (χ1n) is 7.82. The number of aromatic nitrogens is 1. The van der Waals surface area contributed by atoms with Crippen molar-refractivity contribution in [2.75, 3.05) is 12.1 Å². The molecule has 9 heteroatoms. The number of carbonyl (C=O) groups excluding carboxylic acids is 2. The molecular formula is C18H14Cl2N2O5. The highest BCUT2D eigenvalue weighted by molar-refractivity contribution is 6.36. The fraction of sp³-hybridized carbons (Fsp3) is 0.167. The molecule has 7 nitrogen and oxygen atoms in total. The number of esters is 1. The summed E-state index contributed by atoms with van der Waals surface area (Å²) < 4.78 is 15.6. The van der Waals surface area contributed by atoms with Crippen LogP contribution in [-0.2, 0) is 14.3 Å². The van der Waals surface area contributed by atoms with Gasteiger partial charge in [0.05, 0.1) is 10.0 Å². The Kier molecular flexibility index (Phi) is 5.83. The zero-order valence-electron chi connectivity index (χ0n) is 14.1. The lowest BCUT2D eigenvalue weighted by Crippen LogP contribution is -2.29. The Morgan fingerprint density at radius 2 is 2.04 bits per heavy atom. The molecule has 0 aliphatic carbocycles. The number of halogens is 2. The number of ether oxygens (including phenoxy) is 3. The fourth-order valence-corrected chi connectivity index (χ4v) is 2.60. The standard InChI is InChI=1S/C18H14Cl2N2O5/c1-10(18(24)22-17-13(20)7-12(19)8-21-17)27-16(23)5-3-11-2-4-14-15(6-11)26-9-25-14/h2-8,10H,9H2,1H3,(H,21,22,24)/b5-3+/t10-/m0/s1. The SMILES string of the molecule is C[C@H](OC(=O)/C=C/c1ccc2c(c1)OCO2)C(=O)Nc1ncc(Cl)cc1Cl. The van der Waals surface area contributed by atoms with E-state index in [1.807, 2.05) is 0 Å². The summed E-state index contributed by atoms with van der Waals surface area (Å²) in [5, 5.41) is 2.99. The Bertz CT molecular complexity index is 917. The Labute approximate surface area is 164 Å². The molecule has 0 bridgehead atoms. The van der Waals surface area contributed by atoms with E-state index < -0.39 is 18.0 Å². The average molecular weight is 409 g/mol. The molecular weight excluding hydrogens is 395 g/mol. The van der Waals surface area contributed by atoms with Gasteiger partial charge in [-0.2, -0.15) is 0 Å². The molecule has 0 spiro atoms. The molecule has 1 N–H and O–H groups in total. The highest BCUT2D eigenvalue weighted by Gasteiger charge is 2.18. The van der Waals surface area contributed by atoms with Gasteiger partial charge in [0, 0.05) is 12.3 Å². The third-order valence-electron chi connectivity index (χ3n) is 3.52. The van der Waals surface area contributed by atoms with Gasteiger partial charge >= 0.3 is 5.97 Å². The van der Waals surface area contributed by atoms with E-state index in [1.165, 1.54) is 25.3 Å². The molecule has 1 aromatic heterocycles. The summed E-state index contributed by atoms with van der Waals surface area (Å²) in [5.74, 6) is 0.131. The lowest BCUT2D eigenvalue weighted by Gasteiger charge is -2.12. The van der Waals surface area contributed by atoms with Gasteiger partial charge in [-0.3, -0.25) is 4.79 Å². The van der Waals surface area contributed by atoms with Gasteiger partial charge < -0.3 is 19.5 Å². The normalized spacial score (nSPS) is 13.4. The van der Waals surface area contributed by atoms with E-state index >= 15 is 0 Å². The van der Waals surface area contributed by atoms with Crippen LogP contribution in [0.2, 0.25) is 10.0 Å². The second kappa shape index (κ2) is 8.28. The molecule has 2 aromatic rings. The number of nitrogens with zero attached hydrogens (tertiary/aromatic N) is 1. The summed E-state index contributed by atoms with van der Waals surface area (Å²) in [6.45, 7) is 1.61. The van der Waals surface area contributed by atoms with Gasteiger partial charge in [-0.25, -0.2) is 9.78 Å². The van der Waals surface area contributed by atoms with Crippen molar-refractivity contribution in [2.45, 2.75) is 13.0 Å². The summed E-state index contributed by atoms with van der Waals surface area (Å²) in [5.41, 5.74) is 0.727.